The Bertz CT molecular complexity index is 981. The normalized spacial score (nSPS) is 11.8. The van der Waals surface area contributed by atoms with Gasteiger partial charge in [-0.3, -0.25) is 8.99 Å². The molecule has 0 atom stereocenters. The fraction of sp³-hybridized carbons (Fsp3) is 0.200. The summed E-state index contributed by atoms with van der Waals surface area (Å²) in [5.74, 6) is -0.423. The second-order valence-corrected chi connectivity index (χ2v) is 7.17. The van der Waals surface area contributed by atoms with Crippen LogP contribution in [0.4, 0.5) is 10.1 Å². The predicted molar refractivity (Wildman–Crippen MR) is 85.2 cm³/mol. The average Bonchev–Trinajstić information content (AvgIpc) is 2.81. The fourth-order valence-corrected chi connectivity index (χ4v) is 3.55. The SMILES string of the molecule is Cc1nn(C)c2ncc(S(=O)(=O)N(C)c3ccc(F)cc3)cc12. The Labute approximate surface area is 133 Å². The first kappa shape index (κ1) is 15.4. The highest BCUT2D eigenvalue weighted by atomic mass is 32.2. The lowest BCUT2D eigenvalue weighted by Crippen LogP contribution is -2.26. The smallest absolute Gasteiger partial charge is 0.265 e. The Morgan fingerprint density at radius 3 is 2.52 bits per heavy atom. The van der Waals surface area contributed by atoms with Crippen LogP contribution in [0.5, 0.6) is 0 Å². The second-order valence-electron chi connectivity index (χ2n) is 5.20. The van der Waals surface area contributed by atoms with Crippen LogP contribution in [0.25, 0.3) is 11.0 Å². The molecule has 0 amide bonds. The zero-order valence-corrected chi connectivity index (χ0v) is 13.7. The molecule has 0 aliphatic rings. The van der Waals surface area contributed by atoms with Gasteiger partial charge in [-0.2, -0.15) is 5.10 Å². The first-order valence-corrected chi connectivity index (χ1v) is 8.28. The van der Waals surface area contributed by atoms with Crippen LogP contribution in [-0.4, -0.2) is 30.2 Å². The molecule has 0 saturated heterocycles. The highest BCUT2D eigenvalue weighted by Crippen LogP contribution is 2.25. The van der Waals surface area contributed by atoms with Crippen LogP contribution < -0.4 is 4.31 Å². The Morgan fingerprint density at radius 2 is 1.87 bits per heavy atom. The van der Waals surface area contributed by atoms with Crippen molar-refractivity contribution in [3.63, 3.8) is 0 Å². The zero-order valence-electron chi connectivity index (χ0n) is 12.9. The van der Waals surface area contributed by atoms with Crippen molar-refractivity contribution in [2.24, 2.45) is 7.05 Å². The van der Waals surface area contributed by atoms with Crippen LogP contribution in [0.2, 0.25) is 0 Å². The summed E-state index contributed by atoms with van der Waals surface area (Å²) in [6, 6.07) is 6.81. The molecule has 1 aromatic carbocycles. The molecule has 2 heterocycles. The van der Waals surface area contributed by atoms with Gasteiger partial charge in [0.25, 0.3) is 10.0 Å². The van der Waals surface area contributed by atoms with E-state index in [9.17, 15) is 12.8 Å². The molecule has 8 heteroatoms. The third-order valence-corrected chi connectivity index (χ3v) is 5.44. The Kier molecular flexibility index (Phi) is 3.56. The molecule has 0 aliphatic carbocycles. The molecule has 3 aromatic rings. The van der Waals surface area contributed by atoms with E-state index in [-0.39, 0.29) is 4.90 Å². The molecule has 0 saturated carbocycles. The van der Waals surface area contributed by atoms with E-state index in [0.717, 1.165) is 4.31 Å². The van der Waals surface area contributed by atoms with Crippen LogP contribution in [0, 0.1) is 12.7 Å². The minimum absolute atomic E-state index is 0.0629. The summed E-state index contributed by atoms with van der Waals surface area (Å²) in [5.41, 5.74) is 1.69. The van der Waals surface area contributed by atoms with Gasteiger partial charge in [0, 0.05) is 25.7 Å². The summed E-state index contributed by atoms with van der Waals surface area (Å²) in [7, 11) is -0.622. The summed E-state index contributed by atoms with van der Waals surface area (Å²) < 4.78 is 41.2. The number of halogens is 1. The molecule has 120 valence electrons. The molecule has 0 N–H and O–H groups in total. The van der Waals surface area contributed by atoms with Crippen molar-refractivity contribution < 1.29 is 12.8 Å². The number of benzene rings is 1. The van der Waals surface area contributed by atoms with Crippen molar-refractivity contribution in [2.75, 3.05) is 11.4 Å². The van der Waals surface area contributed by atoms with Gasteiger partial charge in [-0.15, -0.1) is 0 Å². The monoisotopic (exact) mass is 334 g/mol. The quantitative estimate of drug-likeness (QED) is 0.737. The Hall–Kier alpha value is -2.48. The number of aryl methyl sites for hydroxylation is 2. The number of anilines is 1. The number of nitrogens with zero attached hydrogens (tertiary/aromatic N) is 4. The zero-order chi connectivity index (χ0) is 16.8. The van der Waals surface area contributed by atoms with Gasteiger partial charge in [0.2, 0.25) is 0 Å². The lowest BCUT2D eigenvalue weighted by Gasteiger charge is -2.19. The van der Waals surface area contributed by atoms with Gasteiger partial charge in [-0.1, -0.05) is 0 Å². The predicted octanol–water partition coefficient (Wildman–Crippen LogP) is 2.24. The van der Waals surface area contributed by atoms with Gasteiger partial charge in [0.1, 0.15) is 10.7 Å². The van der Waals surface area contributed by atoms with Crippen molar-refractivity contribution in [1.29, 1.82) is 0 Å². The van der Waals surface area contributed by atoms with E-state index in [2.05, 4.69) is 10.1 Å². The molecule has 3 rings (SSSR count). The summed E-state index contributed by atoms with van der Waals surface area (Å²) >= 11 is 0. The molecule has 6 nitrogen and oxygen atoms in total. The fourth-order valence-electron chi connectivity index (χ4n) is 2.38. The third kappa shape index (κ3) is 2.55. The highest BCUT2D eigenvalue weighted by molar-refractivity contribution is 7.92. The number of sulfonamides is 1. The molecule has 2 aromatic heterocycles. The van der Waals surface area contributed by atoms with Gasteiger partial charge in [-0.25, -0.2) is 17.8 Å². The summed E-state index contributed by atoms with van der Waals surface area (Å²) in [5, 5.41) is 4.91. The highest BCUT2D eigenvalue weighted by Gasteiger charge is 2.23. The molecular weight excluding hydrogens is 319 g/mol. The largest absolute Gasteiger partial charge is 0.269 e. The van der Waals surface area contributed by atoms with E-state index in [1.165, 1.54) is 37.5 Å². The number of fused-ring (bicyclic) bond motifs is 1. The van der Waals surface area contributed by atoms with Crippen LogP contribution in [0.3, 0.4) is 0 Å². The summed E-state index contributed by atoms with van der Waals surface area (Å²) in [4.78, 5) is 4.26. The molecule has 0 fully saturated rings. The molecule has 0 radical (unpaired) electrons. The molecule has 23 heavy (non-hydrogen) atoms. The van der Waals surface area contributed by atoms with Crippen LogP contribution >= 0.6 is 0 Å². The van der Waals surface area contributed by atoms with Gasteiger partial charge < -0.3 is 0 Å². The number of rotatable bonds is 3. The second kappa shape index (κ2) is 5.31. The van der Waals surface area contributed by atoms with Crippen molar-refractivity contribution in [2.45, 2.75) is 11.8 Å². The minimum atomic E-state index is -3.79. The topological polar surface area (TPSA) is 68.1 Å². The van der Waals surface area contributed by atoms with E-state index in [1.54, 1.807) is 24.7 Å². The van der Waals surface area contributed by atoms with E-state index < -0.39 is 15.8 Å². The van der Waals surface area contributed by atoms with Crippen molar-refractivity contribution in [3.8, 4) is 0 Å². The van der Waals surface area contributed by atoms with E-state index >= 15 is 0 Å². The standard InChI is InChI=1S/C15H15FN4O2S/c1-10-14-8-13(9-17-15(14)19(2)18-10)23(21,22)20(3)12-6-4-11(16)5-7-12/h4-9H,1-3H3. The number of hydrogen-bond acceptors (Lipinski definition) is 4. The molecule has 0 bridgehead atoms. The third-order valence-electron chi connectivity index (χ3n) is 3.69. The maximum Gasteiger partial charge on any atom is 0.265 e. The number of hydrogen-bond donors (Lipinski definition) is 0. The van der Waals surface area contributed by atoms with E-state index in [1.807, 2.05) is 0 Å². The Balaban J connectivity index is 2.08. The lowest BCUT2D eigenvalue weighted by molar-refractivity contribution is 0.593. The van der Waals surface area contributed by atoms with E-state index in [0.29, 0.717) is 22.4 Å². The lowest BCUT2D eigenvalue weighted by atomic mass is 10.3. The first-order chi connectivity index (χ1) is 10.8. The minimum Gasteiger partial charge on any atom is -0.269 e. The van der Waals surface area contributed by atoms with Crippen molar-refractivity contribution in [3.05, 3.63) is 48.0 Å². The van der Waals surface area contributed by atoms with Gasteiger partial charge in [0.05, 0.1) is 11.4 Å². The van der Waals surface area contributed by atoms with Gasteiger partial charge in [-0.05, 0) is 37.3 Å². The molecule has 0 spiro atoms. The van der Waals surface area contributed by atoms with Crippen molar-refractivity contribution in [1.82, 2.24) is 14.8 Å². The first-order valence-electron chi connectivity index (χ1n) is 6.84. The molecule has 0 aliphatic heterocycles. The maximum atomic E-state index is 13.0. The average molecular weight is 334 g/mol. The Morgan fingerprint density at radius 1 is 1.22 bits per heavy atom. The van der Waals surface area contributed by atoms with Crippen LogP contribution in [0.1, 0.15) is 5.69 Å². The van der Waals surface area contributed by atoms with Crippen LogP contribution in [-0.2, 0) is 17.1 Å². The maximum absolute atomic E-state index is 13.0. The van der Waals surface area contributed by atoms with Gasteiger partial charge >= 0.3 is 0 Å². The summed E-state index contributed by atoms with van der Waals surface area (Å²) in [6.45, 7) is 1.80. The molecule has 0 unspecified atom stereocenters. The van der Waals surface area contributed by atoms with E-state index in [4.69, 9.17) is 0 Å². The number of pyridine rings is 1. The number of aromatic nitrogens is 3. The van der Waals surface area contributed by atoms with Crippen molar-refractivity contribution >= 4 is 26.7 Å². The summed E-state index contributed by atoms with van der Waals surface area (Å²) in [6.07, 6.45) is 1.30. The van der Waals surface area contributed by atoms with Gasteiger partial charge in [0.15, 0.2) is 5.65 Å². The molecular formula is C15H15FN4O2S. The van der Waals surface area contributed by atoms with Crippen LogP contribution in [0.15, 0.2) is 41.4 Å².